The number of anilines is 1. The van der Waals surface area contributed by atoms with Crippen LogP contribution in [0.5, 0.6) is 0 Å². The molecule has 1 fully saturated rings. The average molecular weight is 319 g/mol. The predicted octanol–water partition coefficient (Wildman–Crippen LogP) is 2.41. The van der Waals surface area contributed by atoms with E-state index < -0.39 is 0 Å². The molecule has 1 aromatic carbocycles. The second kappa shape index (κ2) is 5.95. The van der Waals surface area contributed by atoms with Crippen LogP contribution in [0.25, 0.3) is 16.9 Å². The summed E-state index contributed by atoms with van der Waals surface area (Å²) in [5.74, 6) is 0. The van der Waals surface area contributed by atoms with Crippen LogP contribution in [0.1, 0.15) is 11.1 Å². The molecule has 0 saturated carbocycles. The number of morpholine rings is 1. The molecule has 6 nitrogen and oxygen atoms in total. The number of hydrogen-bond acceptors (Lipinski definition) is 5. The van der Waals surface area contributed by atoms with Crippen molar-refractivity contribution in [2.45, 2.75) is 6.92 Å². The number of ether oxygens (including phenoxy) is 1. The van der Waals surface area contributed by atoms with Gasteiger partial charge in [0.25, 0.3) is 0 Å². The van der Waals surface area contributed by atoms with Crippen molar-refractivity contribution in [1.29, 1.82) is 5.26 Å². The Bertz CT molecular complexity index is 934. The lowest BCUT2D eigenvalue weighted by Gasteiger charge is -2.29. The van der Waals surface area contributed by atoms with Gasteiger partial charge in [-0.2, -0.15) is 10.4 Å². The van der Waals surface area contributed by atoms with Gasteiger partial charge in [0.15, 0.2) is 5.65 Å². The highest BCUT2D eigenvalue weighted by molar-refractivity contribution is 5.73. The van der Waals surface area contributed by atoms with E-state index in [2.05, 4.69) is 33.2 Å². The number of benzene rings is 1. The Balaban J connectivity index is 1.87. The van der Waals surface area contributed by atoms with E-state index in [1.165, 1.54) is 0 Å². The summed E-state index contributed by atoms with van der Waals surface area (Å²) in [6.07, 6.45) is 1.57. The van der Waals surface area contributed by atoms with Gasteiger partial charge in [-0.25, -0.2) is 9.50 Å². The smallest absolute Gasteiger partial charge is 0.158 e. The number of rotatable bonds is 2. The minimum atomic E-state index is 0.662. The monoisotopic (exact) mass is 319 g/mol. The van der Waals surface area contributed by atoms with Gasteiger partial charge in [-0.05, 0) is 30.7 Å². The standard InChI is InChI=1S/C18H17N5O/c1-13-8-14(11-19)2-3-16(13)17-9-15(22-4-6-24-7-5-22)10-18-20-12-21-23(17)18/h2-3,8-10,12H,4-7H2,1H3. The normalized spacial score (nSPS) is 14.8. The quantitative estimate of drug-likeness (QED) is 0.725. The van der Waals surface area contributed by atoms with Crippen molar-refractivity contribution in [1.82, 2.24) is 14.6 Å². The maximum absolute atomic E-state index is 9.08. The van der Waals surface area contributed by atoms with E-state index in [4.69, 9.17) is 10.00 Å². The summed E-state index contributed by atoms with van der Waals surface area (Å²) in [6.45, 7) is 5.23. The van der Waals surface area contributed by atoms with Crippen molar-refractivity contribution in [2.24, 2.45) is 0 Å². The van der Waals surface area contributed by atoms with Crippen molar-refractivity contribution in [3.05, 3.63) is 47.8 Å². The minimum Gasteiger partial charge on any atom is -0.378 e. The molecule has 0 N–H and O–H groups in total. The van der Waals surface area contributed by atoms with E-state index in [9.17, 15) is 0 Å². The fourth-order valence-corrected chi connectivity index (χ4v) is 3.13. The molecule has 3 heterocycles. The molecule has 0 aliphatic carbocycles. The average Bonchev–Trinajstić information content (AvgIpc) is 3.10. The highest BCUT2D eigenvalue weighted by Gasteiger charge is 2.16. The summed E-state index contributed by atoms with van der Waals surface area (Å²) in [6, 6.07) is 12.1. The molecule has 0 atom stereocenters. The van der Waals surface area contributed by atoms with Crippen molar-refractivity contribution >= 4 is 11.3 Å². The fraction of sp³-hybridized carbons (Fsp3) is 0.278. The molecule has 0 radical (unpaired) electrons. The number of nitrogens with zero attached hydrogens (tertiary/aromatic N) is 5. The highest BCUT2D eigenvalue weighted by Crippen LogP contribution is 2.29. The molecule has 1 saturated heterocycles. The number of nitriles is 1. The van der Waals surface area contributed by atoms with Gasteiger partial charge in [-0.3, -0.25) is 0 Å². The van der Waals surface area contributed by atoms with Gasteiger partial charge in [0, 0.05) is 30.4 Å². The minimum absolute atomic E-state index is 0.662. The van der Waals surface area contributed by atoms with Crippen LogP contribution in [0, 0.1) is 18.3 Å². The molecular weight excluding hydrogens is 302 g/mol. The zero-order chi connectivity index (χ0) is 16.5. The Hall–Kier alpha value is -2.91. The van der Waals surface area contributed by atoms with Crippen LogP contribution in [0.3, 0.4) is 0 Å². The second-order valence-corrected chi connectivity index (χ2v) is 5.87. The summed E-state index contributed by atoms with van der Waals surface area (Å²) in [7, 11) is 0. The summed E-state index contributed by atoms with van der Waals surface area (Å²) in [4.78, 5) is 6.67. The lowest BCUT2D eigenvalue weighted by molar-refractivity contribution is 0.122. The number of hydrogen-bond donors (Lipinski definition) is 0. The largest absolute Gasteiger partial charge is 0.378 e. The van der Waals surface area contributed by atoms with Gasteiger partial charge in [-0.1, -0.05) is 6.07 Å². The molecule has 120 valence electrons. The first kappa shape index (κ1) is 14.7. The molecule has 2 aromatic heterocycles. The van der Waals surface area contributed by atoms with Crippen LogP contribution < -0.4 is 4.90 Å². The number of fused-ring (bicyclic) bond motifs is 1. The van der Waals surface area contributed by atoms with Crippen LogP contribution in [0.15, 0.2) is 36.7 Å². The first-order valence-electron chi connectivity index (χ1n) is 7.94. The van der Waals surface area contributed by atoms with Gasteiger partial charge in [-0.15, -0.1) is 0 Å². The predicted molar refractivity (Wildman–Crippen MR) is 90.9 cm³/mol. The first-order valence-corrected chi connectivity index (χ1v) is 7.94. The number of aromatic nitrogens is 3. The first-order chi connectivity index (χ1) is 11.8. The molecule has 0 spiro atoms. The Morgan fingerprint density at radius 2 is 2.00 bits per heavy atom. The van der Waals surface area contributed by atoms with Gasteiger partial charge < -0.3 is 9.64 Å². The molecule has 0 bridgehead atoms. The Kier molecular flexibility index (Phi) is 3.63. The molecular formula is C18H17N5O. The third kappa shape index (κ3) is 2.49. The van der Waals surface area contributed by atoms with Gasteiger partial charge in [0.1, 0.15) is 6.33 Å². The SMILES string of the molecule is Cc1cc(C#N)ccc1-c1cc(N2CCOCC2)cc2ncnn12. The molecule has 1 aliphatic heterocycles. The van der Waals surface area contributed by atoms with E-state index >= 15 is 0 Å². The van der Waals surface area contributed by atoms with Crippen LogP contribution in [-0.2, 0) is 4.74 Å². The number of pyridine rings is 1. The molecule has 1 aliphatic rings. The van der Waals surface area contributed by atoms with Crippen LogP contribution in [-0.4, -0.2) is 40.9 Å². The van der Waals surface area contributed by atoms with Crippen molar-refractivity contribution < 1.29 is 4.74 Å². The molecule has 3 aromatic rings. The summed E-state index contributed by atoms with van der Waals surface area (Å²) < 4.78 is 7.29. The summed E-state index contributed by atoms with van der Waals surface area (Å²) >= 11 is 0. The zero-order valence-electron chi connectivity index (χ0n) is 13.4. The highest BCUT2D eigenvalue weighted by atomic mass is 16.5. The fourth-order valence-electron chi connectivity index (χ4n) is 3.13. The summed E-state index contributed by atoms with van der Waals surface area (Å²) in [5.41, 5.74) is 5.68. The van der Waals surface area contributed by atoms with Crippen LogP contribution in [0.2, 0.25) is 0 Å². The van der Waals surface area contributed by atoms with E-state index in [0.717, 1.165) is 54.5 Å². The maximum atomic E-state index is 9.08. The van der Waals surface area contributed by atoms with Crippen LogP contribution >= 0.6 is 0 Å². The molecule has 6 heteroatoms. The second-order valence-electron chi connectivity index (χ2n) is 5.87. The van der Waals surface area contributed by atoms with E-state index in [0.29, 0.717) is 5.56 Å². The summed E-state index contributed by atoms with van der Waals surface area (Å²) in [5, 5.41) is 13.4. The van der Waals surface area contributed by atoms with Crippen molar-refractivity contribution in [3.8, 4) is 17.3 Å². The lowest BCUT2D eigenvalue weighted by Crippen LogP contribution is -2.36. The molecule has 24 heavy (non-hydrogen) atoms. The third-order valence-corrected chi connectivity index (χ3v) is 4.37. The Labute approximate surface area is 139 Å². The Morgan fingerprint density at radius 1 is 1.17 bits per heavy atom. The van der Waals surface area contributed by atoms with Gasteiger partial charge in [0.05, 0.1) is 30.5 Å². The van der Waals surface area contributed by atoms with Crippen LogP contribution in [0.4, 0.5) is 5.69 Å². The van der Waals surface area contributed by atoms with E-state index in [1.807, 2.05) is 29.6 Å². The molecule has 4 rings (SSSR count). The molecule has 0 amide bonds. The van der Waals surface area contributed by atoms with E-state index in [1.54, 1.807) is 6.33 Å². The number of aryl methyl sites for hydroxylation is 1. The topological polar surface area (TPSA) is 66.5 Å². The Morgan fingerprint density at radius 3 is 2.75 bits per heavy atom. The van der Waals surface area contributed by atoms with Crippen molar-refractivity contribution in [3.63, 3.8) is 0 Å². The van der Waals surface area contributed by atoms with E-state index in [-0.39, 0.29) is 0 Å². The lowest BCUT2D eigenvalue weighted by atomic mass is 10.0. The van der Waals surface area contributed by atoms with Gasteiger partial charge >= 0.3 is 0 Å². The molecule has 0 unspecified atom stereocenters. The van der Waals surface area contributed by atoms with Crippen molar-refractivity contribution in [2.75, 3.05) is 31.2 Å². The third-order valence-electron chi connectivity index (χ3n) is 4.37. The maximum Gasteiger partial charge on any atom is 0.158 e. The zero-order valence-corrected chi connectivity index (χ0v) is 13.4. The van der Waals surface area contributed by atoms with Gasteiger partial charge in [0.2, 0.25) is 0 Å².